The number of hydrogen-bond acceptors (Lipinski definition) is 4. The van der Waals surface area contributed by atoms with Gasteiger partial charge in [0.05, 0.1) is 12.7 Å². The molecule has 0 aromatic rings. The van der Waals surface area contributed by atoms with Crippen LogP contribution in [0.3, 0.4) is 0 Å². The van der Waals surface area contributed by atoms with E-state index in [0.717, 1.165) is 37.4 Å². The summed E-state index contributed by atoms with van der Waals surface area (Å²) in [7, 11) is 1.65. The van der Waals surface area contributed by atoms with Gasteiger partial charge in [0.15, 0.2) is 0 Å². The quantitative estimate of drug-likeness (QED) is 0.754. The monoisotopic (exact) mass is 326 g/mol. The maximum Gasteiger partial charge on any atom is 0.0900 e. The van der Waals surface area contributed by atoms with Crippen LogP contribution < -0.4 is 5.32 Å². The number of aliphatic hydroxyl groups is 1. The van der Waals surface area contributed by atoms with Crippen molar-refractivity contribution in [1.29, 1.82) is 0 Å². The normalized spacial score (nSPS) is 32.3. The van der Waals surface area contributed by atoms with Crippen LogP contribution in [0, 0.1) is 17.8 Å². The van der Waals surface area contributed by atoms with Crippen LogP contribution in [0.25, 0.3) is 0 Å². The number of nitrogens with zero attached hydrogens (tertiary/aromatic N) is 1. The molecule has 136 valence electrons. The fourth-order valence-electron chi connectivity index (χ4n) is 4.52. The molecule has 1 aliphatic heterocycles. The lowest BCUT2D eigenvalue weighted by atomic mass is 9.73. The summed E-state index contributed by atoms with van der Waals surface area (Å²) in [5, 5.41) is 13.9. The Kier molecular flexibility index (Phi) is 7.80. The van der Waals surface area contributed by atoms with E-state index in [2.05, 4.69) is 31.0 Å². The molecule has 0 spiro atoms. The Morgan fingerprint density at radius 2 is 1.87 bits per heavy atom. The van der Waals surface area contributed by atoms with E-state index in [4.69, 9.17) is 4.74 Å². The summed E-state index contributed by atoms with van der Waals surface area (Å²) in [4.78, 5) is 2.38. The molecule has 0 amide bonds. The molecule has 4 unspecified atom stereocenters. The number of hydrogen-bond donors (Lipinski definition) is 2. The number of methoxy groups -OCH3 is 1. The van der Waals surface area contributed by atoms with Crippen molar-refractivity contribution in [3.8, 4) is 0 Å². The van der Waals surface area contributed by atoms with Crippen molar-refractivity contribution in [2.75, 3.05) is 33.4 Å². The zero-order valence-electron chi connectivity index (χ0n) is 15.6. The van der Waals surface area contributed by atoms with E-state index in [1.165, 1.54) is 32.1 Å². The first-order valence-electron chi connectivity index (χ1n) is 9.65. The summed E-state index contributed by atoms with van der Waals surface area (Å²) in [5.41, 5.74) is 0. The van der Waals surface area contributed by atoms with Crippen LogP contribution in [0.5, 0.6) is 0 Å². The lowest BCUT2D eigenvalue weighted by Crippen LogP contribution is -2.51. The molecule has 2 rings (SSSR count). The van der Waals surface area contributed by atoms with E-state index in [-0.39, 0.29) is 6.10 Å². The molecule has 4 nitrogen and oxygen atoms in total. The van der Waals surface area contributed by atoms with Gasteiger partial charge in [-0.3, -0.25) is 0 Å². The Labute approximate surface area is 143 Å². The predicted molar refractivity (Wildman–Crippen MR) is 95.6 cm³/mol. The van der Waals surface area contributed by atoms with E-state index in [0.29, 0.717) is 18.7 Å². The Balaban J connectivity index is 1.76. The minimum absolute atomic E-state index is 0.353. The maximum atomic E-state index is 9.87. The minimum Gasteiger partial charge on any atom is -0.389 e. The SMILES string of the molecule is COCC(O)CN1CCC(NC2CC(C)CCC2C(C)C)CC1. The van der Waals surface area contributed by atoms with Crippen LogP contribution in [0.2, 0.25) is 0 Å². The molecular weight excluding hydrogens is 288 g/mol. The Bertz CT molecular complexity index is 329. The van der Waals surface area contributed by atoms with E-state index in [9.17, 15) is 5.11 Å². The van der Waals surface area contributed by atoms with Crippen LogP contribution in [-0.2, 0) is 4.74 Å². The number of piperidine rings is 1. The van der Waals surface area contributed by atoms with Gasteiger partial charge in [-0.15, -0.1) is 0 Å². The fourth-order valence-corrected chi connectivity index (χ4v) is 4.52. The smallest absolute Gasteiger partial charge is 0.0900 e. The molecule has 2 fully saturated rings. The van der Waals surface area contributed by atoms with Crippen molar-refractivity contribution < 1.29 is 9.84 Å². The molecule has 0 aromatic carbocycles. The first-order valence-corrected chi connectivity index (χ1v) is 9.65. The van der Waals surface area contributed by atoms with Gasteiger partial charge < -0.3 is 20.1 Å². The summed E-state index contributed by atoms with van der Waals surface area (Å²) in [6, 6.07) is 1.36. The molecule has 1 saturated heterocycles. The first kappa shape index (κ1) is 19.2. The summed E-state index contributed by atoms with van der Waals surface area (Å²) in [6.07, 6.45) is 6.18. The van der Waals surface area contributed by atoms with Crippen LogP contribution >= 0.6 is 0 Å². The van der Waals surface area contributed by atoms with Crippen molar-refractivity contribution in [3.63, 3.8) is 0 Å². The van der Waals surface area contributed by atoms with Gasteiger partial charge in [0.1, 0.15) is 0 Å². The molecule has 1 saturated carbocycles. The van der Waals surface area contributed by atoms with Crippen molar-refractivity contribution in [2.24, 2.45) is 17.8 Å². The molecule has 4 heteroatoms. The van der Waals surface area contributed by atoms with Gasteiger partial charge in [-0.25, -0.2) is 0 Å². The molecule has 0 radical (unpaired) electrons. The first-order chi connectivity index (χ1) is 11.0. The minimum atomic E-state index is -0.353. The molecule has 4 atom stereocenters. The fraction of sp³-hybridized carbons (Fsp3) is 1.00. The highest BCUT2D eigenvalue weighted by Gasteiger charge is 2.32. The second kappa shape index (κ2) is 9.36. The van der Waals surface area contributed by atoms with Gasteiger partial charge in [0.25, 0.3) is 0 Å². The zero-order chi connectivity index (χ0) is 16.8. The van der Waals surface area contributed by atoms with Gasteiger partial charge in [-0.2, -0.15) is 0 Å². The molecule has 0 aromatic heterocycles. The third-order valence-electron chi connectivity index (χ3n) is 5.89. The molecule has 23 heavy (non-hydrogen) atoms. The van der Waals surface area contributed by atoms with Gasteiger partial charge in [-0.1, -0.05) is 27.2 Å². The van der Waals surface area contributed by atoms with Crippen LogP contribution in [-0.4, -0.2) is 61.5 Å². The van der Waals surface area contributed by atoms with Crippen molar-refractivity contribution in [1.82, 2.24) is 10.2 Å². The Morgan fingerprint density at radius 1 is 1.17 bits per heavy atom. The highest BCUT2D eigenvalue weighted by Crippen LogP contribution is 2.34. The van der Waals surface area contributed by atoms with Crippen molar-refractivity contribution in [3.05, 3.63) is 0 Å². The second-order valence-electron chi connectivity index (χ2n) is 8.28. The van der Waals surface area contributed by atoms with E-state index >= 15 is 0 Å². The summed E-state index contributed by atoms with van der Waals surface area (Å²) < 4.78 is 5.02. The predicted octanol–water partition coefficient (Wildman–Crippen LogP) is 2.51. The number of aliphatic hydroxyl groups excluding tert-OH is 1. The van der Waals surface area contributed by atoms with Crippen molar-refractivity contribution >= 4 is 0 Å². The summed E-state index contributed by atoms with van der Waals surface area (Å²) >= 11 is 0. The lowest BCUT2D eigenvalue weighted by Gasteiger charge is -2.42. The second-order valence-corrected chi connectivity index (χ2v) is 8.28. The molecule has 2 aliphatic rings. The summed E-state index contributed by atoms with van der Waals surface area (Å²) in [5.74, 6) is 2.49. The number of likely N-dealkylation sites (tertiary alicyclic amines) is 1. The highest BCUT2D eigenvalue weighted by molar-refractivity contribution is 4.89. The topological polar surface area (TPSA) is 44.7 Å². The number of nitrogens with one attached hydrogen (secondary N) is 1. The standard InChI is InChI=1S/C19H38N2O2/c1-14(2)18-6-5-15(3)11-19(18)20-16-7-9-21(10-8-16)12-17(22)13-23-4/h14-20,22H,5-13H2,1-4H3. The molecule has 0 bridgehead atoms. The zero-order valence-corrected chi connectivity index (χ0v) is 15.6. The molecule has 1 heterocycles. The van der Waals surface area contributed by atoms with Gasteiger partial charge in [0.2, 0.25) is 0 Å². The maximum absolute atomic E-state index is 9.87. The van der Waals surface area contributed by atoms with Gasteiger partial charge in [-0.05, 0) is 56.5 Å². The third kappa shape index (κ3) is 6.00. The van der Waals surface area contributed by atoms with Gasteiger partial charge in [0, 0.05) is 25.7 Å². The number of rotatable bonds is 7. The highest BCUT2D eigenvalue weighted by atomic mass is 16.5. The molecular formula is C19H38N2O2. The van der Waals surface area contributed by atoms with Crippen LogP contribution in [0.4, 0.5) is 0 Å². The van der Waals surface area contributed by atoms with Crippen molar-refractivity contribution in [2.45, 2.75) is 71.1 Å². The average molecular weight is 327 g/mol. The van der Waals surface area contributed by atoms with Crippen LogP contribution in [0.15, 0.2) is 0 Å². The van der Waals surface area contributed by atoms with E-state index in [1.807, 2.05) is 0 Å². The number of β-amino-alcohol motifs (C(OH)–C–C–N with tert-alkyl or cyclic N) is 1. The Morgan fingerprint density at radius 3 is 2.48 bits per heavy atom. The molecule has 2 N–H and O–H groups in total. The van der Waals surface area contributed by atoms with Crippen LogP contribution in [0.1, 0.15) is 52.9 Å². The third-order valence-corrected chi connectivity index (χ3v) is 5.89. The molecule has 1 aliphatic carbocycles. The Hall–Kier alpha value is -0.160. The number of ether oxygens (including phenoxy) is 1. The average Bonchev–Trinajstić information content (AvgIpc) is 2.49. The van der Waals surface area contributed by atoms with E-state index in [1.54, 1.807) is 7.11 Å². The van der Waals surface area contributed by atoms with E-state index < -0.39 is 0 Å². The lowest BCUT2D eigenvalue weighted by molar-refractivity contribution is 0.0295. The summed E-state index contributed by atoms with van der Waals surface area (Å²) in [6.45, 7) is 10.5. The van der Waals surface area contributed by atoms with Gasteiger partial charge >= 0.3 is 0 Å². The largest absolute Gasteiger partial charge is 0.389 e.